The van der Waals surface area contributed by atoms with Gasteiger partial charge in [-0.25, -0.2) is 4.79 Å². The minimum atomic E-state index is -0.570. The second kappa shape index (κ2) is 5.83. The number of benzene rings is 1. The Morgan fingerprint density at radius 3 is 2.31 bits per heavy atom. The zero-order chi connectivity index (χ0) is 18.6. The van der Waals surface area contributed by atoms with E-state index in [0.717, 1.165) is 19.3 Å². The molecule has 2 unspecified atom stereocenters. The van der Waals surface area contributed by atoms with Crippen LogP contribution in [-0.2, 0) is 4.74 Å². The summed E-state index contributed by atoms with van der Waals surface area (Å²) in [4.78, 5) is 41.1. The molecule has 2 fully saturated rings. The first kappa shape index (κ1) is 17.1. The quantitative estimate of drug-likeness (QED) is 0.764. The fourth-order valence-electron chi connectivity index (χ4n) is 4.09. The van der Waals surface area contributed by atoms with Gasteiger partial charge in [-0.05, 0) is 58.1 Å². The minimum absolute atomic E-state index is 0.179. The van der Waals surface area contributed by atoms with Crippen LogP contribution in [0.1, 0.15) is 60.7 Å². The number of carbonyl (C=O) groups excluding carboxylic acids is 3. The molecule has 3 amide bonds. The first-order valence-corrected chi connectivity index (χ1v) is 9.23. The lowest BCUT2D eigenvalue weighted by Crippen LogP contribution is -2.52. The van der Waals surface area contributed by atoms with Gasteiger partial charge in [0.25, 0.3) is 11.8 Å². The molecule has 2 aliphatic heterocycles. The highest BCUT2D eigenvalue weighted by molar-refractivity contribution is 6.21. The molecule has 0 bridgehead atoms. The van der Waals surface area contributed by atoms with Crippen molar-refractivity contribution in [2.45, 2.75) is 57.7 Å². The summed E-state index contributed by atoms with van der Waals surface area (Å²) in [7, 11) is 0. The molecular formula is C20H24N2O4. The van der Waals surface area contributed by atoms with E-state index in [9.17, 15) is 14.4 Å². The van der Waals surface area contributed by atoms with E-state index >= 15 is 0 Å². The van der Waals surface area contributed by atoms with Crippen LogP contribution in [0, 0.1) is 5.92 Å². The highest BCUT2D eigenvalue weighted by Crippen LogP contribution is 2.46. The number of nitrogens with zero attached hydrogens (tertiary/aromatic N) is 2. The van der Waals surface area contributed by atoms with Crippen molar-refractivity contribution in [1.29, 1.82) is 0 Å². The average molecular weight is 356 g/mol. The Balaban J connectivity index is 1.54. The van der Waals surface area contributed by atoms with Crippen molar-refractivity contribution in [3.05, 3.63) is 35.4 Å². The number of fused-ring (bicyclic) bond motifs is 2. The van der Waals surface area contributed by atoms with Crippen LogP contribution in [0.2, 0.25) is 0 Å². The van der Waals surface area contributed by atoms with Gasteiger partial charge in [0, 0.05) is 12.6 Å². The van der Waals surface area contributed by atoms with Gasteiger partial charge in [-0.3, -0.25) is 14.5 Å². The molecule has 1 aromatic carbocycles. The molecule has 26 heavy (non-hydrogen) atoms. The maximum absolute atomic E-state index is 12.7. The Morgan fingerprint density at radius 2 is 1.73 bits per heavy atom. The summed E-state index contributed by atoms with van der Waals surface area (Å²) in [5.41, 5.74) is 0.321. The van der Waals surface area contributed by atoms with E-state index in [-0.39, 0.29) is 36.5 Å². The van der Waals surface area contributed by atoms with E-state index in [4.69, 9.17) is 4.74 Å². The maximum Gasteiger partial charge on any atom is 0.410 e. The van der Waals surface area contributed by atoms with Crippen molar-refractivity contribution in [2.24, 2.45) is 5.92 Å². The molecule has 1 aromatic rings. The van der Waals surface area contributed by atoms with Gasteiger partial charge in [0.15, 0.2) is 0 Å². The van der Waals surface area contributed by atoms with Crippen LogP contribution in [0.5, 0.6) is 0 Å². The number of likely N-dealkylation sites (tertiary alicyclic amines) is 1. The third-order valence-electron chi connectivity index (χ3n) is 5.38. The molecule has 3 aliphatic rings. The Bertz CT molecular complexity index is 747. The van der Waals surface area contributed by atoms with Gasteiger partial charge in [-0.15, -0.1) is 0 Å². The number of hydrogen-bond acceptors (Lipinski definition) is 4. The average Bonchev–Trinajstić information content (AvgIpc) is 3.31. The fourth-order valence-corrected chi connectivity index (χ4v) is 4.09. The summed E-state index contributed by atoms with van der Waals surface area (Å²) >= 11 is 0. The van der Waals surface area contributed by atoms with Crippen LogP contribution in [0.3, 0.4) is 0 Å². The summed E-state index contributed by atoms with van der Waals surface area (Å²) < 4.78 is 5.58. The third-order valence-corrected chi connectivity index (χ3v) is 5.38. The zero-order valence-corrected chi connectivity index (χ0v) is 15.4. The summed E-state index contributed by atoms with van der Waals surface area (Å²) in [5, 5.41) is 0. The topological polar surface area (TPSA) is 66.9 Å². The van der Waals surface area contributed by atoms with E-state index in [1.165, 1.54) is 4.90 Å². The van der Waals surface area contributed by atoms with E-state index in [0.29, 0.717) is 17.0 Å². The molecule has 0 spiro atoms. The molecule has 0 radical (unpaired) electrons. The van der Waals surface area contributed by atoms with E-state index < -0.39 is 5.60 Å². The number of hydrogen-bond donors (Lipinski definition) is 0. The molecule has 3 atom stereocenters. The lowest BCUT2D eigenvalue weighted by atomic mass is 10.0. The van der Waals surface area contributed by atoms with Crippen molar-refractivity contribution >= 4 is 17.9 Å². The summed E-state index contributed by atoms with van der Waals surface area (Å²) in [6.45, 7) is 5.77. The number of rotatable bonds is 2. The standard InChI is InChI=1S/C20H24N2O4/c1-20(2,3)26-19(25)22-13(9-8-12-10-16(12)22)11-21-17(23)14-6-4-5-7-15(14)18(21)24/h4-7,12-13,16H,8-11H2,1-3H3/t12?,13-,16?/m0/s1. The number of ether oxygens (including phenoxy) is 1. The Labute approximate surface area is 153 Å². The van der Waals surface area contributed by atoms with Gasteiger partial charge < -0.3 is 9.64 Å². The number of carbonyl (C=O) groups is 3. The predicted molar refractivity (Wildman–Crippen MR) is 94.8 cm³/mol. The smallest absolute Gasteiger partial charge is 0.410 e. The number of amides is 3. The van der Waals surface area contributed by atoms with Crippen molar-refractivity contribution in [3.63, 3.8) is 0 Å². The van der Waals surface area contributed by atoms with Crippen molar-refractivity contribution in [3.8, 4) is 0 Å². The molecule has 1 saturated heterocycles. The largest absolute Gasteiger partial charge is 0.444 e. The van der Waals surface area contributed by atoms with Gasteiger partial charge in [0.1, 0.15) is 5.60 Å². The Hall–Kier alpha value is -2.37. The normalized spacial score (nSPS) is 27.3. The Kier molecular flexibility index (Phi) is 3.82. The molecule has 4 rings (SSSR count). The minimum Gasteiger partial charge on any atom is -0.444 e. The van der Waals surface area contributed by atoms with Gasteiger partial charge in [-0.2, -0.15) is 0 Å². The molecule has 6 nitrogen and oxygen atoms in total. The molecule has 1 aliphatic carbocycles. The van der Waals surface area contributed by atoms with E-state index in [2.05, 4.69) is 0 Å². The number of imide groups is 1. The van der Waals surface area contributed by atoms with Crippen molar-refractivity contribution in [1.82, 2.24) is 9.80 Å². The van der Waals surface area contributed by atoms with E-state index in [1.54, 1.807) is 29.2 Å². The van der Waals surface area contributed by atoms with Crippen LogP contribution in [0.4, 0.5) is 4.79 Å². The molecule has 0 N–H and O–H groups in total. The third kappa shape index (κ3) is 2.87. The highest BCUT2D eigenvalue weighted by Gasteiger charge is 2.52. The molecule has 1 saturated carbocycles. The number of piperidine rings is 1. The predicted octanol–water partition coefficient (Wildman–Crippen LogP) is 3.07. The van der Waals surface area contributed by atoms with Crippen LogP contribution in [-0.4, -0.2) is 51.9 Å². The Morgan fingerprint density at radius 1 is 1.12 bits per heavy atom. The first-order valence-electron chi connectivity index (χ1n) is 9.23. The molecule has 0 aromatic heterocycles. The van der Waals surface area contributed by atoms with Crippen molar-refractivity contribution < 1.29 is 19.1 Å². The summed E-state index contributed by atoms with van der Waals surface area (Å²) in [6, 6.07) is 6.87. The van der Waals surface area contributed by atoms with Gasteiger partial charge >= 0.3 is 6.09 Å². The molecule has 138 valence electrons. The molecular weight excluding hydrogens is 332 g/mol. The van der Waals surface area contributed by atoms with Gasteiger partial charge in [0.2, 0.25) is 0 Å². The van der Waals surface area contributed by atoms with Gasteiger partial charge in [0.05, 0.1) is 17.2 Å². The lowest BCUT2D eigenvalue weighted by molar-refractivity contribution is 0.00265. The first-order chi connectivity index (χ1) is 12.3. The monoisotopic (exact) mass is 356 g/mol. The van der Waals surface area contributed by atoms with Crippen LogP contribution >= 0.6 is 0 Å². The fraction of sp³-hybridized carbons (Fsp3) is 0.550. The second-order valence-corrected chi connectivity index (χ2v) is 8.45. The van der Waals surface area contributed by atoms with Crippen LogP contribution in [0.25, 0.3) is 0 Å². The van der Waals surface area contributed by atoms with Crippen molar-refractivity contribution in [2.75, 3.05) is 6.54 Å². The lowest BCUT2D eigenvalue weighted by Gasteiger charge is -2.38. The molecule has 2 heterocycles. The van der Waals surface area contributed by atoms with Gasteiger partial charge in [-0.1, -0.05) is 12.1 Å². The summed E-state index contributed by atoms with van der Waals surface area (Å²) in [5.74, 6) is -0.0127. The SMILES string of the molecule is CC(C)(C)OC(=O)N1C2CC2CC[C@H]1CN1C(=O)c2ccccc2C1=O. The van der Waals surface area contributed by atoms with E-state index in [1.807, 2.05) is 20.8 Å². The highest BCUT2D eigenvalue weighted by atomic mass is 16.6. The zero-order valence-electron chi connectivity index (χ0n) is 15.4. The summed E-state index contributed by atoms with van der Waals surface area (Å²) in [6.07, 6.45) is 2.45. The second-order valence-electron chi connectivity index (χ2n) is 8.45. The van der Waals surface area contributed by atoms with Crippen LogP contribution < -0.4 is 0 Å². The molecule has 6 heteroatoms. The van der Waals surface area contributed by atoms with Crippen LogP contribution in [0.15, 0.2) is 24.3 Å². The maximum atomic E-state index is 12.7.